The Morgan fingerprint density at radius 1 is 1.35 bits per heavy atom. The van der Waals surface area contributed by atoms with Gasteiger partial charge in [0.05, 0.1) is 16.5 Å². The molecule has 0 radical (unpaired) electrons. The smallest absolute Gasteiger partial charge is 0.341 e. The number of carboxylic acids is 1. The molecule has 0 aromatic heterocycles. The van der Waals surface area contributed by atoms with Gasteiger partial charge in [-0.2, -0.15) is 8.78 Å². The Morgan fingerprint density at radius 2 is 2.00 bits per heavy atom. The van der Waals surface area contributed by atoms with E-state index >= 15 is 0 Å². The highest BCUT2D eigenvalue weighted by Crippen LogP contribution is 2.32. The van der Waals surface area contributed by atoms with Gasteiger partial charge in [0.15, 0.2) is 0 Å². The fraction of sp³-hybridized carbons (Fsp3) is 0.417. The van der Waals surface area contributed by atoms with Crippen LogP contribution in [0.3, 0.4) is 0 Å². The molecular formula is C12H13F2NO4S. The maximum atomic E-state index is 12.7. The summed E-state index contributed by atoms with van der Waals surface area (Å²) in [4.78, 5) is 12.0. The van der Waals surface area contributed by atoms with E-state index in [9.17, 15) is 22.0 Å². The Labute approximate surface area is 114 Å². The number of carbonyl (C=O) groups is 1. The summed E-state index contributed by atoms with van der Waals surface area (Å²) in [6, 6.07) is 5.43. The van der Waals surface area contributed by atoms with Gasteiger partial charge < -0.3 is 10.0 Å². The molecule has 20 heavy (non-hydrogen) atoms. The number of aliphatic carboxylic acids is 1. The second kappa shape index (κ2) is 5.35. The van der Waals surface area contributed by atoms with Crippen molar-refractivity contribution in [2.45, 2.75) is 17.1 Å². The minimum Gasteiger partial charge on any atom is -0.481 e. The molecule has 1 aliphatic rings. The zero-order valence-corrected chi connectivity index (χ0v) is 11.2. The third kappa shape index (κ3) is 2.60. The molecule has 1 fully saturated rings. The first-order valence-corrected chi connectivity index (χ1v) is 7.47. The van der Waals surface area contributed by atoms with Crippen molar-refractivity contribution in [3.8, 4) is 0 Å². The number of hydrogen-bond donors (Lipinski definition) is 1. The number of sulfone groups is 1. The highest BCUT2D eigenvalue weighted by Gasteiger charge is 2.34. The van der Waals surface area contributed by atoms with Crippen molar-refractivity contribution in [3.05, 3.63) is 24.3 Å². The Hall–Kier alpha value is -1.70. The van der Waals surface area contributed by atoms with Gasteiger partial charge in [-0.05, 0) is 18.6 Å². The molecule has 8 heteroatoms. The van der Waals surface area contributed by atoms with Crippen molar-refractivity contribution >= 4 is 21.5 Å². The zero-order chi connectivity index (χ0) is 14.9. The molecule has 0 spiro atoms. The molecule has 0 saturated carbocycles. The van der Waals surface area contributed by atoms with Crippen LogP contribution in [0.4, 0.5) is 14.5 Å². The summed E-state index contributed by atoms with van der Waals surface area (Å²) < 4.78 is 48.6. The Kier molecular flexibility index (Phi) is 3.94. The lowest BCUT2D eigenvalue weighted by Gasteiger charge is -2.21. The first-order chi connectivity index (χ1) is 9.34. The van der Waals surface area contributed by atoms with Crippen molar-refractivity contribution in [1.82, 2.24) is 0 Å². The van der Waals surface area contributed by atoms with Gasteiger partial charge in [0.25, 0.3) is 0 Å². The van der Waals surface area contributed by atoms with Crippen LogP contribution in [-0.4, -0.2) is 38.3 Å². The van der Waals surface area contributed by atoms with E-state index in [-0.39, 0.29) is 12.2 Å². The van der Waals surface area contributed by atoms with Crippen LogP contribution in [0, 0.1) is 5.92 Å². The van der Waals surface area contributed by atoms with E-state index in [1.165, 1.54) is 23.1 Å². The molecule has 1 N–H and O–H groups in total. The van der Waals surface area contributed by atoms with E-state index in [1.54, 1.807) is 0 Å². The van der Waals surface area contributed by atoms with Crippen molar-refractivity contribution in [2.24, 2.45) is 5.92 Å². The normalized spacial score (nSPS) is 19.6. The summed E-state index contributed by atoms with van der Waals surface area (Å²) in [6.07, 6.45) is 0.360. The first-order valence-electron chi connectivity index (χ1n) is 5.93. The summed E-state index contributed by atoms with van der Waals surface area (Å²) in [6.45, 7) is 0.442. The van der Waals surface area contributed by atoms with Gasteiger partial charge in [-0.3, -0.25) is 4.79 Å². The lowest BCUT2D eigenvalue weighted by atomic mass is 10.1. The SMILES string of the molecule is O=C(O)C1CCN(c2ccccc2S(=O)(=O)C(F)F)C1. The quantitative estimate of drug-likeness (QED) is 0.914. The van der Waals surface area contributed by atoms with Crippen LogP contribution in [0.15, 0.2) is 29.2 Å². The molecular weight excluding hydrogens is 292 g/mol. The maximum Gasteiger partial charge on any atom is 0.341 e. The number of para-hydroxylation sites is 1. The van der Waals surface area contributed by atoms with E-state index < -0.39 is 32.4 Å². The zero-order valence-electron chi connectivity index (χ0n) is 10.4. The number of rotatable bonds is 4. The lowest BCUT2D eigenvalue weighted by molar-refractivity contribution is -0.140. The highest BCUT2D eigenvalue weighted by atomic mass is 32.2. The van der Waals surface area contributed by atoms with Crippen molar-refractivity contribution in [3.63, 3.8) is 0 Å². The average Bonchev–Trinajstić information content (AvgIpc) is 2.88. The van der Waals surface area contributed by atoms with E-state index in [0.29, 0.717) is 13.0 Å². The highest BCUT2D eigenvalue weighted by molar-refractivity contribution is 7.91. The predicted octanol–water partition coefficient (Wildman–Crippen LogP) is 1.59. The number of alkyl halides is 2. The van der Waals surface area contributed by atoms with Crippen molar-refractivity contribution in [2.75, 3.05) is 18.0 Å². The van der Waals surface area contributed by atoms with Crippen LogP contribution in [0.25, 0.3) is 0 Å². The molecule has 1 unspecified atom stereocenters. The molecule has 5 nitrogen and oxygen atoms in total. The number of anilines is 1. The van der Waals surface area contributed by atoms with Gasteiger partial charge in [0, 0.05) is 13.1 Å². The number of hydrogen-bond acceptors (Lipinski definition) is 4. The number of halogens is 2. The van der Waals surface area contributed by atoms with Gasteiger partial charge in [-0.25, -0.2) is 8.42 Å². The molecule has 1 aromatic carbocycles. The second-order valence-corrected chi connectivity index (χ2v) is 6.43. The molecule has 1 aromatic rings. The minimum atomic E-state index is -4.71. The molecule has 1 saturated heterocycles. The number of benzene rings is 1. The van der Waals surface area contributed by atoms with Gasteiger partial charge in [-0.15, -0.1) is 0 Å². The Morgan fingerprint density at radius 3 is 2.55 bits per heavy atom. The fourth-order valence-electron chi connectivity index (χ4n) is 2.24. The standard InChI is InChI=1S/C12H13F2NO4S/c13-12(14)20(18,19)10-4-2-1-3-9(10)15-6-5-8(7-15)11(16)17/h1-4,8,12H,5-7H2,(H,16,17). The van der Waals surface area contributed by atoms with Crippen molar-refractivity contribution < 1.29 is 27.1 Å². The van der Waals surface area contributed by atoms with E-state index in [2.05, 4.69) is 0 Å². The van der Waals surface area contributed by atoms with Gasteiger partial charge in [0.2, 0.25) is 9.84 Å². The van der Waals surface area contributed by atoms with E-state index in [4.69, 9.17) is 5.11 Å². The molecule has 1 heterocycles. The third-order valence-corrected chi connectivity index (χ3v) is 4.71. The molecule has 1 aliphatic heterocycles. The fourth-order valence-corrected chi connectivity index (χ4v) is 3.18. The van der Waals surface area contributed by atoms with Crippen LogP contribution in [0.2, 0.25) is 0 Å². The topological polar surface area (TPSA) is 74.7 Å². The van der Waals surface area contributed by atoms with Gasteiger partial charge >= 0.3 is 11.7 Å². The third-order valence-electron chi connectivity index (χ3n) is 3.28. The Balaban J connectivity index is 2.38. The molecule has 0 amide bonds. The second-order valence-electron chi connectivity index (χ2n) is 4.54. The van der Waals surface area contributed by atoms with Crippen LogP contribution in [-0.2, 0) is 14.6 Å². The predicted molar refractivity (Wildman–Crippen MR) is 67.6 cm³/mol. The summed E-state index contributed by atoms with van der Waals surface area (Å²) >= 11 is 0. The van der Waals surface area contributed by atoms with Crippen LogP contribution < -0.4 is 4.90 Å². The summed E-state index contributed by atoms with van der Waals surface area (Å²) in [7, 11) is -4.71. The average molecular weight is 305 g/mol. The molecule has 2 rings (SSSR count). The van der Waals surface area contributed by atoms with Crippen LogP contribution in [0.1, 0.15) is 6.42 Å². The number of carboxylic acid groups (broad SMARTS) is 1. The molecule has 0 aliphatic carbocycles. The maximum absolute atomic E-state index is 12.7. The number of nitrogens with zero attached hydrogens (tertiary/aromatic N) is 1. The molecule has 110 valence electrons. The van der Waals surface area contributed by atoms with Crippen molar-refractivity contribution in [1.29, 1.82) is 0 Å². The first kappa shape index (κ1) is 14.7. The largest absolute Gasteiger partial charge is 0.481 e. The van der Waals surface area contributed by atoms with E-state index in [1.807, 2.05) is 0 Å². The van der Waals surface area contributed by atoms with Gasteiger partial charge in [0.1, 0.15) is 0 Å². The lowest BCUT2D eigenvalue weighted by Crippen LogP contribution is -2.25. The monoisotopic (exact) mass is 305 g/mol. The van der Waals surface area contributed by atoms with Gasteiger partial charge in [-0.1, -0.05) is 12.1 Å². The summed E-state index contributed by atoms with van der Waals surface area (Å²) in [5.74, 6) is -5.08. The van der Waals surface area contributed by atoms with Crippen LogP contribution >= 0.6 is 0 Å². The molecule has 0 bridgehead atoms. The minimum absolute atomic E-state index is 0.116. The Bertz CT molecular complexity index is 618. The summed E-state index contributed by atoms with van der Waals surface area (Å²) in [5, 5.41) is 8.93. The summed E-state index contributed by atoms with van der Waals surface area (Å²) in [5.41, 5.74) is 0.136. The van der Waals surface area contributed by atoms with Crippen LogP contribution in [0.5, 0.6) is 0 Å². The molecule has 1 atom stereocenters. The van der Waals surface area contributed by atoms with E-state index in [0.717, 1.165) is 6.07 Å².